The van der Waals surface area contributed by atoms with Gasteiger partial charge in [0.25, 0.3) is 5.91 Å². The summed E-state index contributed by atoms with van der Waals surface area (Å²) in [6, 6.07) is 7.44. The summed E-state index contributed by atoms with van der Waals surface area (Å²) in [5.41, 5.74) is 4.28. The molecule has 1 amide bonds. The molecule has 0 atom stereocenters. The van der Waals surface area contributed by atoms with Crippen molar-refractivity contribution in [3.05, 3.63) is 65.2 Å². The van der Waals surface area contributed by atoms with Crippen molar-refractivity contribution in [1.82, 2.24) is 19.9 Å². The van der Waals surface area contributed by atoms with E-state index in [9.17, 15) is 4.79 Å². The van der Waals surface area contributed by atoms with E-state index in [1.165, 1.54) is 0 Å². The van der Waals surface area contributed by atoms with Gasteiger partial charge in [0.15, 0.2) is 5.16 Å². The number of methoxy groups -OCH3 is 1. The van der Waals surface area contributed by atoms with Crippen LogP contribution in [0.25, 0.3) is 5.69 Å². The lowest BCUT2D eigenvalue weighted by Gasteiger charge is -2.13. The van der Waals surface area contributed by atoms with Crippen LogP contribution in [0.1, 0.15) is 27.2 Å². The number of nitrogens with one attached hydrogen (secondary N) is 1. The largest absolute Gasteiger partial charge is 0.496 e. The minimum atomic E-state index is -0.141. The van der Waals surface area contributed by atoms with E-state index in [0.29, 0.717) is 12.1 Å². The maximum atomic E-state index is 12.5. The Bertz CT molecular complexity index is 951. The minimum absolute atomic E-state index is 0.141. The molecule has 2 heterocycles. The van der Waals surface area contributed by atoms with Crippen molar-refractivity contribution in [3.63, 3.8) is 0 Å². The van der Waals surface area contributed by atoms with Gasteiger partial charge in [0.2, 0.25) is 0 Å². The number of rotatable bonds is 6. The Morgan fingerprint density at radius 1 is 1.22 bits per heavy atom. The molecule has 27 heavy (non-hydrogen) atoms. The predicted molar refractivity (Wildman–Crippen MR) is 107 cm³/mol. The average Bonchev–Trinajstić information content (AvgIpc) is 3.16. The van der Waals surface area contributed by atoms with Crippen molar-refractivity contribution in [3.8, 4) is 11.4 Å². The number of aryl methyl sites for hydroxylation is 1. The molecule has 0 spiro atoms. The molecule has 1 N–H and O–H groups in total. The molecule has 3 rings (SSSR count). The van der Waals surface area contributed by atoms with Gasteiger partial charge in [-0.05, 0) is 44.4 Å². The summed E-state index contributed by atoms with van der Waals surface area (Å²) in [6.07, 6.45) is 7.41. The highest BCUT2D eigenvalue weighted by Crippen LogP contribution is 2.24. The molecule has 0 radical (unpaired) electrons. The first-order chi connectivity index (χ1) is 13.0. The van der Waals surface area contributed by atoms with Crippen LogP contribution in [-0.2, 0) is 6.54 Å². The lowest BCUT2D eigenvalue weighted by molar-refractivity contribution is 0.0950. The van der Waals surface area contributed by atoms with E-state index in [1.807, 2.05) is 55.1 Å². The summed E-state index contributed by atoms with van der Waals surface area (Å²) in [7, 11) is 1.64. The number of thioether (sulfide) groups is 1. The fourth-order valence-corrected chi connectivity index (χ4v) is 3.46. The highest BCUT2D eigenvalue weighted by molar-refractivity contribution is 7.98. The third-order valence-electron chi connectivity index (χ3n) is 4.36. The van der Waals surface area contributed by atoms with E-state index in [-0.39, 0.29) is 5.91 Å². The van der Waals surface area contributed by atoms with Crippen LogP contribution in [0.4, 0.5) is 0 Å². The Hall–Kier alpha value is -2.80. The molecular formula is C20H22N4O2S. The Labute approximate surface area is 163 Å². The number of amides is 1. The first-order valence-corrected chi connectivity index (χ1v) is 9.72. The summed E-state index contributed by atoms with van der Waals surface area (Å²) in [6.45, 7) is 4.25. The van der Waals surface area contributed by atoms with Crippen molar-refractivity contribution in [2.45, 2.75) is 25.5 Å². The van der Waals surface area contributed by atoms with Crippen molar-refractivity contribution >= 4 is 17.7 Å². The van der Waals surface area contributed by atoms with Gasteiger partial charge in [-0.2, -0.15) is 0 Å². The SMILES string of the molecule is COc1c(C)cnc(CNC(=O)c2ccc(-n3ccnc3SC)cc2)c1C. The molecule has 2 aromatic heterocycles. The zero-order valence-electron chi connectivity index (χ0n) is 15.8. The van der Waals surface area contributed by atoms with Crippen LogP contribution >= 0.6 is 11.8 Å². The number of pyridine rings is 1. The number of hydrogen-bond donors (Lipinski definition) is 1. The van der Waals surface area contributed by atoms with Crippen molar-refractivity contribution < 1.29 is 9.53 Å². The van der Waals surface area contributed by atoms with E-state index in [0.717, 1.165) is 33.4 Å². The highest BCUT2D eigenvalue weighted by atomic mass is 32.2. The maximum Gasteiger partial charge on any atom is 0.251 e. The fraction of sp³-hybridized carbons (Fsp3) is 0.250. The number of imidazole rings is 1. The summed E-state index contributed by atoms with van der Waals surface area (Å²) in [4.78, 5) is 21.2. The Balaban J connectivity index is 1.70. The van der Waals surface area contributed by atoms with Crippen LogP contribution in [-0.4, -0.2) is 33.8 Å². The molecule has 0 bridgehead atoms. The Morgan fingerprint density at radius 2 is 1.96 bits per heavy atom. The number of benzene rings is 1. The molecule has 0 saturated carbocycles. The molecular weight excluding hydrogens is 360 g/mol. The zero-order valence-corrected chi connectivity index (χ0v) is 16.6. The maximum absolute atomic E-state index is 12.5. The molecule has 140 valence electrons. The molecule has 7 heteroatoms. The minimum Gasteiger partial charge on any atom is -0.496 e. The van der Waals surface area contributed by atoms with Gasteiger partial charge in [0.1, 0.15) is 5.75 Å². The smallest absolute Gasteiger partial charge is 0.251 e. The molecule has 0 aliphatic heterocycles. The van der Waals surface area contributed by atoms with E-state index in [1.54, 1.807) is 31.3 Å². The van der Waals surface area contributed by atoms with Gasteiger partial charge in [-0.3, -0.25) is 14.3 Å². The fourth-order valence-electron chi connectivity index (χ4n) is 2.93. The topological polar surface area (TPSA) is 69.0 Å². The summed E-state index contributed by atoms with van der Waals surface area (Å²) < 4.78 is 7.40. The number of aromatic nitrogens is 3. The van der Waals surface area contributed by atoms with Gasteiger partial charge in [0.05, 0.1) is 19.3 Å². The third kappa shape index (κ3) is 3.98. The quantitative estimate of drug-likeness (QED) is 0.661. The lowest BCUT2D eigenvalue weighted by Crippen LogP contribution is -2.24. The number of nitrogens with zero attached hydrogens (tertiary/aromatic N) is 3. The number of carbonyl (C=O) groups excluding carboxylic acids is 1. The number of carbonyl (C=O) groups is 1. The second-order valence-corrected chi connectivity index (χ2v) is 6.83. The summed E-state index contributed by atoms with van der Waals surface area (Å²) in [5, 5.41) is 3.83. The van der Waals surface area contributed by atoms with Gasteiger partial charge < -0.3 is 10.1 Å². The van der Waals surface area contributed by atoms with Crippen LogP contribution in [0.2, 0.25) is 0 Å². The van der Waals surface area contributed by atoms with Crippen LogP contribution in [0.5, 0.6) is 5.75 Å². The molecule has 0 aliphatic carbocycles. The molecule has 0 fully saturated rings. The van der Waals surface area contributed by atoms with Crippen molar-refractivity contribution in [1.29, 1.82) is 0 Å². The van der Waals surface area contributed by atoms with Crippen molar-refractivity contribution in [2.24, 2.45) is 0 Å². The second-order valence-electron chi connectivity index (χ2n) is 6.06. The molecule has 0 unspecified atom stereocenters. The molecule has 0 aliphatic rings. The van der Waals surface area contributed by atoms with E-state index in [2.05, 4.69) is 15.3 Å². The van der Waals surface area contributed by atoms with Crippen LogP contribution in [0, 0.1) is 13.8 Å². The van der Waals surface area contributed by atoms with Gasteiger partial charge in [-0.1, -0.05) is 11.8 Å². The van der Waals surface area contributed by atoms with Gasteiger partial charge >= 0.3 is 0 Å². The lowest BCUT2D eigenvalue weighted by atomic mass is 10.1. The summed E-state index contributed by atoms with van der Waals surface area (Å²) >= 11 is 1.57. The molecule has 3 aromatic rings. The summed E-state index contributed by atoms with van der Waals surface area (Å²) in [5.74, 6) is 0.668. The van der Waals surface area contributed by atoms with E-state index in [4.69, 9.17) is 4.74 Å². The molecule has 0 saturated heterocycles. The Kier molecular flexibility index (Phi) is 5.81. The van der Waals surface area contributed by atoms with Crippen LogP contribution in [0.3, 0.4) is 0 Å². The first-order valence-electron chi connectivity index (χ1n) is 8.50. The second kappa shape index (κ2) is 8.26. The van der Waals surface area contributed by atoms with E-state index < -0.39 is 0 Å². The van der Waals surface area contributed by atoms with Crippen LogP contribution in [0.15, 0.2) is 48.0 Å². The Morgan fingerprint density at radius 3 is 2.63 bits per heavy atom. The van der Waals surface area contributed by atoms with Gasteiger partial charge in [-0.15, -0.1) is 0 Å². The molecule has 6 nitrogen and oxygen atoms in total. The van der Waals surface area contributed by atoms with Crippen LogP contribution < -0.4 is 10.1 Å². The predicted octanol–water partition coefficient (Wildman–Crippen LogP) is 3.54. The zero-order chi connectivity index (χ0) is 19.4. The number of hydrogen-bond acceptors (Lipinski definition) is 5. The normalized spacial score (nSPS) is 10.7. The first kappa shape index (κ1) is 19.0. The third-order valence-corrected chi connectivity index (χ3v) is 5.03. The van der Waals surface area contributed by atoms with E-state index >= 15 is 0 Å². The molecule has 1 aromatic carbocycles. The van der Waals surface area contributed by atoms with Gasteiger partial charge in [0, 0.05) is 41.0 Å². The van der Waals surface area contributed by atoms with Gasteiger partial charge in [-0.25, -0.2) is 4.98 Å². The highest BCUT2D eigenvalue weighted by Gasteiger charge is 2.12. The standard InChI is InChI=1S/C20H22N4O2S/c1-13-11-22-17(14(2)18(13)26-3)12-23-19(25)15-5-7-16(8-6-15)24-10-9-21-20(24)27-4/h5-11H,12H2,1-4H3,(H,23,25). The number of ether oxygens (including phenoxy) is 1. The van der Waals surface area contributed by atoms with Crippen molar-refractivity contribution in [2.75, 3.05) is 13.4 Å². The average molecular weight is 382 g/mol. The monoisotopic (exact) mass is 382 g/mol.